The van der Waals surface area contributed by atoms with Gasteiger partial charge in [-0.2, -0.15) is 0 Å². The number of hydrogen-bond acceptors (Lipinski definition) is 19. The van der Waals surface area contributed by atoms with Gasteiger partial charge in [0.15, 0.2) is 46.5 Å². The molecule has 2 unspecified atom stereocenters. The van der Waals surface area contributed by atoms with Crippen molar-refractivity contribution in [1.82, 2.24) is 40.5 Å². The summed E-state index contributed by atoms with van der Waals surface area (Å²) in [7, 11) is 3.96. The van der Waals surface area contributed by atoms with Crippen LogP contribution in [-0.2, 0) is 18.9 Å². The lowest BCUT2D eigenvalue weighted by atomic mass is 10.2. The maximum atomic E-state index is 13.5. The number of alkyl carbamates (subject to hydrolysis) is 1. The average Bonchev–Trinajstić information content (AvgIpc) is 4.00. The van der Waals surface area contributed by atoms with Crippen molar-refractivity contribution in [3.8, 4) is 46.3 Å². The molecular formula is C35H38N8O13. The molecule has 0 radical (unpaired) electrons. The van der Waals surface area contributed by atoms with Gasteiger partial charge >= 0.3 is 12.1 Å². The van der Waals surface area contributed by atoms with E-state index >= 15 is 0 Å². The van der Waals surface area contributed by atoms with Crippen molar-refractivity contribution >= 4 is 18.0 Å². The molecule has 2 amide bonds. The molecule has 0 bridgehead atoms. The van der Waals surface area contributed by atoms with E-state index in [1.165, 1.54) is 33.9 Å². The molecule has 0 saturated carbocycles. The lowest BCUT2D eigenvalue weighted by Crippen LogP contribution is -2.38. The minimum Gasteiger partial charge on any atom is -0.464 e. The SMILES string of the molecule is CCC(NC(=O)OC(C)(C)C)c1nc(-c2nc(-c3nc(C(=O)NC(c4nc(-c5nc(-c6nc(C(=O)OC)co6)co5)co4)C(OC)OC)co3)c(C)o2)c(C)o1. The zero-order chi connectivity index (χ0) is 40.3. The van der Waals surface area contributed by atoms with Gasteiger partial charge in [-0.05, 0) is 41.0 Å². The predicted molar refractivity (Wildman–Crippen MR) is 186 cm³/mol. The van der Waals surface area contributed by atoms with Crippen LogP contribution >= 0.6 is 0 Å². The lowest BCUT2D eigenvalue weighted by molar-refractivity contribution is -0.126. The molecule has 0 aliphatic rings. The Balaban J connectivity index is 1.17. The maximum absolute atomic E-state index is 13.5. The summed E-state index contributed by atoms with van der Waals surface area (Å²) in [5, 5.41) is 5.50. The number of carbonyl (C=O) groups excluding carboxylic acids is 3. The quantitative estimate of drug-likeness (QED) is 0.0983. The summed E-state index contributed by atoms with van der Waals surface area (Å²) in [4.78, 5) is 63.8. The first-order chi connectivity index (χ1) is 26.7. The first-order valence-electron chi connectivity index (χ1n) is 16.9. The van der Waals surface area contributed by atoms with Crippen LogP contribution in [0.4, 0.5) is 4.79 Å². The zero-order valence-electron chi connectivity index (χ0n) is 31.7. The maximum Gasteiger partial charge on any atom is 0.408 e. The van der Waals surface area contributed by atoms with Gasteiger partial charge in [0.25, 0.3) is 5.91 Å². The molecule has 56 heavy (non-hydrogen) atoms. The average molecular weight is 779 g/mol. The second-order valence-electron chi connectivity index (χ2n) is 13.0. The first kappa shape index (κ1) is 39.1. The molecule has 21 nitrogen and oxygen atoms in total. The van der Waals surface area contributed by atoms with E-state index in [9.17, 15) is 14.4 Å². The summed E-state index contributed by atoms with van der Waals surface area (Å²) in [5.41, 5.74) is -0.0279. The number of amides is 2. The molecule has 0 fully saturated rings. The number of nitrogens with one attached hydrogen (secondary N) is 2. The third-order valence-corrected chi connectivity index (χ3v) is 7.80. The van der Waals surface area contributed by atoms with Crippen LogP contribution in [0.25, 0.3) is 46.3 Å². The van der Waals surface area contributed by atoms with E-state index in [0.717, 1.165) is 12.5 Å². The summed E-state index contributed by atoms with van der Waals surface area (Å²) >= 11 is 0. The van der Waals surface area contributed by atoms with Crippen molar-refractivity contribution in [3.05, 3.63) is 59.7 Å². The smallest absolute Gasteiger partial charge is 0.408 e. The number of esters is 1. The summed E-state index contributed by atoms with van der Waals surface area (Å²) in [5.74, 6) is -0.339. The van der Waals surface area contributed by atoms with Crippen molar-refractivity contribution < 1.29 is 59.8 Å². The number of rotatable bonds is 14. The van der Waals surface area contributed by atoms with Gasteiger partial charge in [0.1, 0.15) is 48.2 Å². The van der Waals surface area contributed by atoms with Gasteiger partial charge < -0.3 is 56.1 Å². The summed E-state index contributed by atoms with van der Waals surface area (Å²) < 4.78 is 54.8. The number of hydrogen-bond donors (Lipinski definition) is 2. The van der Waals surface area contributed by atoms with Crippen LogP contribution in [-0.4, -0.2) is 81.1 Å². The number of carbonyl (C=O) groups is 3. The Morgan fingerprint density at radius 1 is 0.696 bits per heavy atom. The number of oxazole rings is 6. The fraction of sp³-hybridized carbons (Fsp3) is 0.400. The minimum atomic E-state index is -1.10. The molecule has 0 aliphatic carbocycles. The molecule has 6 rings (SSSR count). The van der Waals surface area contributed by atoms with Crippen molar-refractivity contribution in [2.45, 2.75) is 71.9 Å². The summed E-state index contributed by atoms with van der Waals surface area (Å²) in [6.45, 7) is 10.5. The molecular weight excluding hydrogens is 740 g/mol. The molecule has 2 N–H and O–H groups in total. The highest BCUT2D eigenvalue weighted by Gasteiger charge is 2.33. The number of aromatic nitrogens is 6. The molecule has 6 aromatic rings. The van der Waals surface area contributed by atoms with Crippen LogP contribution in [0.3, 0.4) is 0 Å². The Kier molecular flexibility index (Phi) is 11.2. The monoisotopic (exact) mass is 778 g/mol. The van der Waals surface area contributed by atoms with E-state index in [1.807, 2.05) is 6.92 Å². The molecule has 0 spiro atoms. The lowest BCUT2D eigenvalue weighted by Gasteiger charge is -2.22. The molecule has 296 valence electrons. The van der Waals surface area contributed by atoms with Gasteiger partial charge in [0, 0.05) is 14.2 Å². The minimum absolute atomic E-state index is 0.00862. The Morgan fingerprint density at radius 2 is 1.30 bits per heavy atom. The van der Waals surface area contributed by atoms with Gasteiger partial charge in [-0.3, -0.25) is 4.79 Å². The van der Waals surface area contributed by atoms with Crippen LogP contribution in [0.15, 0.2) is 51.6 Å². The Bertz CT molecular complexity index is 2320. The van der Waals surface area contributed by atoms with Crippen LogP contribution in [0.5, 0.6) is 0 Å². The fourth-order valence-electron chi connectivity index (χ4n) is 5.17. The van der Waals surface area contributed by atoms with Crippen molar-refractivity contribution in [2.75, 3.05) is 21.3 Å². The molecule has 0 aromatic carbocycles. The van der Waals surface area contributed by atoms with E-state index in [1.54, 1.807) is 34.6 Å². The summed E-state index contributed by atoms with van der Waals surface area (Å²) in [6, 6.07) is -1.68. The van der Waals surface area contributed by atoms with Crippen LogP contribution < -0.4 is 10.6 Å². The highest BCUT2D eigenvalue weighted by molar-refractivity contribution is 5.92. The highest BCUT2D eigenvalue weighted by Crippen LogP contribution is 2.32. The normalized spacial score (nSPS) is 12.8. The second-order valence-corrected chi connectivity index (χ2v) is 13.0. The van der Waals surface area contributed by atoms with E-state index in [4.69, 9.17) is 40.7 Å². The van der Waals surface area contributed by atoms with Crippen LogP contribution in [0, 0.1) is 13.8 Å². The Hall–Kier alpha value is -6.61. The summed E-state index contributed by atoms with van der Waals surface area (Å²) in [6.07, 6.45) is 3.56. The third-order valence-electron chi connectivity index (χ3n) is 7.80. The predicted octanol–water partition coefficient (Wildman–Crippen LogP) is 5.75. The van der Waals surface area contributed by atoms with E-state index in [0.29, 0.717) is 23.6 Å². The molecule has 0 aliphatic heterocycles. The third kappa shape index (κ3) is 8.37. The molecule has 6 heterocycles. The standard InChI is InChI=1S/C35H38N8O13/c1-10-17(40-34(46)56-35(4,5)6)28-42-23(16(3)54-28)31-43-22(15(2)55-31)29-36-18(11-52-29)25(44)41-24(33(48-8)49-9)30-38-20(13-53-30)26-37-19(12-50-26)27-39-21(14-51-27)32(45)47-7/h11-14,17,24,33H,10H2,1-9H3,(H,40,46)(H,41,44). The van der Waals surface area contributed by atoms with Gasteiger partial charge in [-0.25, -0.2) is 39.5 Å². The Morgan fingerprint density at radius 3 is 2.00 bits per heavy atom. The molecule has 21 heteroatoms. The zero-order valence-corrected chi connectivity index (χ0v) is 31.7. The first-order valence-corrected chi connectivity index (χ1v) is 16.9. The van der Waals surface area contributed by atoms with E-state index < -0.39 is 41.9 Å². The largest absolute Gasteiger partial charge is 0.464 e. The second kappa shape index (κ2) is 16.0. The number of methoxy groups -OCH3 is 3. The van der Waals surface area contributed by atoms with E-state index in [-0.39, 0.29) is 63.8 Å². The van der Waals surface area contributed by atoms with Crippen molar-refractivity contribution in [2.24, 2.45) is 0 Å². The van der Waals surface area contributed by atoms with Gasteiger partial charge in [0.2, 0.25) is 35.3 Å². The topological polar surface area (TPSA) is 268 Å². The highest BCUT2D eigenvalue weighted by atomic mass is 16.7. The number of ether oxygens (including phenoxy) is 4. The number of aryl methyl sites for hydroxylation is 2. The van der Waals surface area contributed by atoms with Crippen LogP contribution in [0.2, 0.25) is 0 Å². The van der Waals surface area contributed by atoms with Crippen molar-refractivity contribution in [3.63, 3.8) is 0 Å². The molecule has 0 saturated heterocycles. The van der Waals surface area contributed by atoms with Gasteiger partial charge in [0.05, 0.1) is 7.11 Å². The molecule has 6 aromatic heterocycles. The van der Waals surface area contributed by atoms with Crippen molar-refractivity contribution in [1.29, 1.82) is 0 Å². The fourth-order valence-corrected chi connectivity index (χ4v) is 5.17. The van der Waals surface area contributed by atoms with Gasteiger partial charge in [-0.15, -0.1) is 0 Å². The van der Waals surface area contributed by atoms with Gasteiger partial charge in [-0.1, -0.05) is 6.92 Å². The Labute approximate surface area is 317 Å². The molecule has 2 atom stereocenters. The van der Waals surface area contributed by atoms with Crippen LogP contribution in [0.1, 0.15) is 90.5 Å². The number of nitrogens with zero attached hydrogens (tertiary/aromatic N) is 6. The van der Waals surface area contributed by atoms with E-state index in [2.05, 4.69) is 45.3 Å².